The van der Waals surface area contributed by atoms with Crippen molar-refractivity contribution in [3.63, 3.8) is 0 Å². The van der Waals surface area contributed by atoms with Crippen molar-refractivity contribution in [2.45, 2.75) is 19.3 Å². The number of nitrogens with zero attached hydrogens (tertiary/aromatic N) is 2. The maximum Gasteiger partial charge on any atom is 0.242 e. The van der Waals surface area contributed by atoms with E-state index < -0.39 is 0 Å². The molecule has 16 heavy (non-hydrogen) atoms. The highest BCUT2D eigenvalue weighted by molar-refractivity contribution is 5.83. The lowest BCUT2D eigenvalue weighted by Gasteiger charge is -2.25. The first-order valence-corrected chi connectivity index (χ1v) is 5.40. The molecule has 1 fully saturated rings. The molecule has 0 aromatic carbocycles. The standard InChI is InChI=1S/C10H17N5O/c11-4-5-13-9(16)7-15-10(12)14-6-8-2-1-3-8/h8H,1-3,5-7H2,(H,13,16)(H3,12,14,15). The summed E-state index contributed by atoms with van der Waals surface area (Å²) in [5.41, 5.74) is 5.57. The van der Waals surface area contributed by atoms with Crippen molar-refractivity contribution in [3.05, 3.63) is 0 Å². The molecule has 1 rings (SSSR count). The fourth-order valence-corrected chi connectivity index (χ4v) is 1.35. The summed E-state index contributed by atoms with van der Waals surface area (Å²) in [6.07, 6.45) is 3.77. The van der Waals surface area contributed by atoms with Gasteiger partial charge in [0, 0.05) is 6.54 Å². The lowest BCUT2D eigenvalue weighted by molar-refractivity contribution is -0.119. The number of nitrogens with two attached hydrogens (primary N) is 1. The Morgan fingerprint density at radius 3 is 2.81 bits per heavy atom. The van der Waals surface area contributed by atoms with Crippen molar-refractivity contribution < 1.29 is 4.79 Å². The third-order valence-corrected chi connectivity index (χ3v) is 2.55. The lowest BCUT2D eigenvalue weighted by Crippen LogP contribution is -2.38. The maximum absolute atomic E-state index is 11.1. The van der Waals surface area contributed by atoms with Crippen molar-refractivity contribution >= 4 is 11.9 Å². The fraction of sp³-hybridized carbons (Fsp3) is 0.700. The number of carbonyl (C=O) groups is 1. The summed E-state index contributed by atoms with van der Waals surface area (Å²) in [7, 11) is 0. The normalized spacial score (nSPS) is 16.1. The SMILES string of the molecule is N#CCNC(=O)CN=C(N)NCC1CCC1. The van der Waals surface area contributed by atoms with Crippen LogP contribution in [0, 0.1) is 17.2 Å². The lowest BCUT2D eigenvalue weighted by atomic mass is 9.85. The van der Waals surface area contributed by atoms with Gasteiger partial charge in [-0.25, -0.2) is 4.99 Å². The first kappa shape index (κ1) is 12.3. The Morgan fingerprint density at radius 2 is 2.25 bits per heavy atom. The topological polar surface area (TPSA) is 103 Å². The zero-order valence-electron chi connectivity index (χ0n) is 9.20. The van der Waals surface area contributed by atoms with E-state index in [4.69, 9.17) is 11.0 Å². The van der Waals surface area contributed by atoms with Gasteiger partial charge in [0.1, 0.15) is 13.1 Å². The van der Waals surface area contributed by atoms with Crippen LogP contribution in [0.3, 0.4) is 0 Å². The average molecular weight is 223 g/mol. The van der Waals surface area contributed by atoms with Crippen molar-refractivity contribution in [1.82, 2.24) is 10.6 Å². The van der Waals surface area contributed by atoms with E-state index in [1.807, 2.05) is 6.07 Å². The number of nitrogens with one attached hydrogen (secondary N) is 2. The van der Waals surface area contributed by atoms with Gasteiger partial charge in [0.15, 0.2) is 5.96 Å². The van der Waals surface area contributed by atoms with Gasteiger partial charge in [-0.1, -0.05) is 6.42 Å². The van der Waals surface area contributed by atoms with Gasteiger partial charge in [-0.3, -0.25) is 4.79 Å². The molecule has 0 aliphatic heterocycles. The summed E-state index contributed by atoms with van der Waals surface area (Å²) >= 11 is 0. The molecule has 0 aromatic rings. The number of amides is 1. The molecule has 4 N–H and O–H groups in total. The molecular weight excluding hydrogens is 206 g/mol. The van der Waals surface area contributed by atoms with E-state index in [0.717, 1.165) is 6.54 Å². The highest BCUT2D eigenvalue weighted by atomic mass is 16.1. The van der Waals surface area contributed by atoms with E-state index in [9.17, 15) is 4.79 Å². The highest BCUT2D eigenvalue weighted by Gasteiger charge is 2.16. The number of rotatable bonds is 5. The monoisotopic (exact) mass is 223 g/mol. The van der Waals surface area contributed by atoms with Crippen LogP contribution in [0.5, 0.6) is 0 Å². The Hall–Kier alpha value is -1.77. The Bertz CT molecular complexity index is 303. The molecule has 1 saturated carbocycles. The zero-order chi connectivity index (χ0) is 11.8. The zero-order valence-corrected chi connectivity index (χ0v) is 9.20. The van der Waals surface area contributed by atoms with E-state index in [1.165, 1.54) is 19.3 Å². The van der Waals surface area contributed by atoms with Crippen LogP contribution >= 0.6 is 0 Å². The predicted molar refractivity (Wildman–Crippen MR) is 60.5 cm³/mol. The van der Waals surface area contributed by atoms with E-state index in [0.29, 0.717) is 11.9 Å². The molecule has 6 heteroatoms. The summed E-state index contributed by atoms with van der Waals surface area (Å²) < 4.78 is 0. The summed E-state index contributed by atoms with van der Waals surface area (Å²) in [5.74, 6) is 0.690. The minimum atomic E-state index is -0.296. The molecule has 0 aromatic heterocycles. The second-order valence-electron chi connectivity index (χ2n) is 3.81. The Balaban J connectivity index is 2.11. The highest BCUT2D eigenvalue weighted by Crippen LogP contribution is 2.24. The summed E-state index contributed by atoms with van der Waals surface area (Å²) in [5, 5.41) is 13.6. The molecular formula is C10H17N5O. The Morgan fingerprint density at radius 1 is 1.50 bits per heavy atom. The predicted octanol–water partition coefficient (Wildman–Crippen LogP) is -0.669. The average Bonchev–Trinajstić information content (AvgIpc) is 2.21. The molecule has 0 radical (unpaired) electrons. The second kappa shape index (κ2) is 6.67. The fourth-order valence-electron chi connectivity index (χ4n) is 1.35. The molecule has 1 aliphatic rings. The molecule has 0 spiro atoms. The van der Waals surface area contributed by atoms with E-state index in [-0.39, 0.29) is 19.0 Å². The molecule has 88 valence electrons. The van der Waals surface area contributed by atoms with E-state index >= 15 is 0 Å². The summed E-state index contributed by atoms with van der Waals surface area (Å²) in [4.78, 5) is 14.9. The first-order valence-electron chi connectivity index (χ1n) is 5.40. The van der Waals surface area contributed by atoms with Gasteiger partial charge in [0.05, 0.1) is 6.07 Å². The second-order valence-corrected chi connectivity index (χ2v) is 3.81. The van der Waals surface area contributed by atoms with Crippen molar-refractivity contribution in [2.75, 3.05) is 19.6 Å². The number of aliphatic imine (C=N–C) groups is 1. The maximum atomic E-state index is 11.1. The number of carbonyl (C=O) groups excluding carboxylic acids is 1. The van der Waals surface area contributed by atoms with Gasteiger partial charge < -0.3 is 16.4 Å². The number of hydrogen-bond acceptors (Lipinski definition) is 3. The van der Waals surface area contributed by atoms with Crippen LogP contribution in [0.25, 0.3) is 0 Å². The van der Waals surface area contributed by atoms with Crippen molar-refractivity contribution in [1.29, 1.82) is 5.26 Å². The van der Waals surface area contributed by atoms with Gasteiger partial charge in [-0.15, -0.1) is 0 Å². The van der Waals surface area contributed by atoms with Crippen LogP contribution < -0.4 is 16.4 Å². The summed E-state index contributed by atoms with van der Waals surface area (Å²) in [6.45, 7) is 0.796. The third kappa shape index (κ3) is 4.64. The minimum Gasteiger partial charge on any atom is -0.370 e. The minimum absolute atomic E-state index is 0.00373. The van der Waals surface area contributed by atoms with Crippen molar-refractivity contribution in [3.8, 4) is 6.07 Å². The molecule has 0 heterocycles. The smallest absolute Gasteiger partial charge is 0.242 e. The van der Waals surface area contributed by atoms with E-state index in [1.54, 1.807) is 0 Å². The van der Waals surface area contributed by atoms with Crippen LogP contribution in [0.1, 0.15) is 19.3 Å². The van der Waals surface area contributed by atoms with Gasteiger partial charge in [0.25, 0.3) is 0 Å². The largest absolute Gasteiger partial charge is 0.370 e. The van der Waals surface area contributed by atoms with Crippen LogP contribution in [-0.2, 0) is 4.79 Å². The molecule has 0 atom stereocenters. The Kier molecular flexibility index (Phi) is 5.12. The molecule has 0 bridgehead atoms. The first-order chi connectivity index (χ1) is 7.72. The summed E-state index contributed by atoms with van der Waals surface area (Å²) in [6, 6.07) is 1.81. The third-order valence-electron chi connectivity index (χ3n) is 2.55. The number of hydrogen-bond donors (Lipinski definition) is 3. The van der Waals surface area contributed by atoms with Crippen LogP contribution in [-0.4, -0.2) is 31.5 Å². The Labute approximate surface area is 94.9 Å². The van der Waals surface area contributed by atoms with Crippen LogP contribution in [0.2, 0.25) is 0 Å². The van der Waals surface area contributed by atoms with Crippen LogP contribution in [0.15, 0.2) is 4.99 Å². The van der Waals surface area contributed by atoms with Gasteiger partial charge in [0.2, 0.25) is 5.91 Å². The van der Waals surface area contributed by atoms with Gasteiger partial charge in [-0.05, 0) is 18.8 Å². The molecule has 1 aliphatic carbocycles. The number of nitriles is 1. The quantitative estimate of drug-likeness (QED) is 0.327. The van der Waals surface area contributed by atoms with E-state index in [2.05, 4.69) is 15.6 Å². The molecule has 0 saturated heterocycles. The van der Waals surface area contributed by atoms with Gasteiger partial charge in [-0.2, -0.15) is 5.26 Å². The van der Waals surface area contributed by atoms with Crippen molar-refractivity contribution in [2.24, 2.45) is 16.6 Å². The number of guanidine groups is 1. The van der Waals surface area contributed by atoms with Gasteiger partial charge >= 0.3 is 0 Å². The van der Waals surface area contributed by atoms with Crippen LogP contribution in [0.4, 0.5) is 0 Å². The molecule has 1 amide bonds. The molecule has 0 unspecified atom stereocenters. The molecule has 6 nitrogen and oxygen atoms in total.